The summed E-state index contributed by atoms with van der Waals surface area (Å²) in [7, 11) is 0. The Morgan fingerprint density at radius 1 is 1.19 bits per heavy atom. The smallest absolute Gasteiger partial charge is 0.0724 e. The van der Waals surface area contributed by atoms with E-state index in [2.05, 4.69) is 23.8 Å². The number of hydrogen-bond acceptors (Lipinski definition) is 1. The molecule has 2 heterocycles. The zero-order chi connectivity index (χ0) is 11.3. The molecule has 0 aliphatic heterocycles. The van der Waals surface area contributed by atoms with Gasteiger partial charge in [-0.2, -0.15) is 0 Å². The molecule has 0 radical (unpaired) electrons. The predicted molar refractivity (Wildman–Crippen MR) is 68.1 cm³/mol. The molecule has 16 heavy (non-hydrogen) atoms. The molecule has 0 amide bonds. The number of hydrogen-bond donors (Lipinski definition) is 1. The quantitative estimate of drug-likeness (QED) is 0.622. The topological polar surface area (TPSA) is 28.7 Å². The van der Waals surface area contributed by atoms with E-state index in [1.807, 2.05) is 24.4 Å². The van der Waals surface area contributed by atoms with Gasteiger partial charge in [0.25, 0.3) is 0 Å². The molecule has 0 saturated carbocycles. The Morgan fingerprint density at radius 3 is 2.81 bits per heavy atom. The number of fused-ring (bicyclic) bond motifs is 3. The number of nitrogens with zero attached hydrogens (tertiary/aromatic N) is 1. The van der Waals surface area contributed by atoms with Gasteiger partial charge in [-0.05, 0) is 37.6 Å². The van der Waals surface area contributed by atoms with Crippen molar-refractivity contribution in [1.29, 1.82) is 0 Å². The molecule has 0 spiro atoms. The van der Waals surface area contributed by atoms with Crippen molar-refractivity contribution in [2.75, 3.05) is 0 Å². The molecular formula is C13H11ClN2. The zero-order valence-electron chi connectivity index (χ0n) is 9.13. The van der Waals surface area contributed by atoms with Gasteiger partial charge in [-0.1, -0.05) is 11.6 Å². The van der Waals surface area contributed by atoms with Gasteiger partial charge in [0.1, 0.15) is 0 Å². The molecular weight excluding hydrogens is 220 g/mol. The molecule has 2 nitrogen and oxygen atoms in total. The monoisotopic (exact) mass is 230 g/mol. The highest BCUT2D eigenvalue weighted by atomic mass is 35.5. The maximum absolute atomic E-state index is 6.02. The second kappa shape index (κ2) is 3.22. The van der Waals surface area contributed by atoms with Crippen LogP contribution in [0.15, 0.2) is 24.4 Å². The summed E-state index contributed by atoms with van der Waals surface area (Å²) in [4.78, 5) is 7.84. The van der Waals surface area contributed by atoms with Crippen molar-refractivity contribution in [3.8, 4) is 0 Å². The highest BCUT2D eigenvalue weighted by molar-refractivity contribution is 6.31. The summed E-state index contributed by atoms with van der Waals surface area (Å²) in [5, 5.41) is 3.00. The fourth-order valence-corrected chi connectivity index (χ4v) is 2.24. The van der Waals surface area contributed by atoms with E-state index in [0.29, 0.717) is 0 Å². The third-order valence-corrected chi connectivity index (χ3v) is 3.34. The van der Waals surface area contributed by atoms with Crippen LogP contribution in [0, 0.1) is 13.8 Å². The first-order chi connectivity index (χ1) is 7.66. The van der Waals surface area contributed by atoms with E-state index in [4.69, 9.17) is 11.6 Å². The van der Waals surface area contributed by atoms with E-state index in [9.17, 15) is 0 Å². The van der Waals surface area contributed by atoms with Crippen molar-refractivity contribution in [2.24, 2.45) is 0 Å². The summed E-state index contributed by atoms with van der Waals surface area (Å²) in [6, 6.07) is 5.77. The average molecular weight is 231 g/mol. The van der Waals surface area contributed by atoms with Crippen LogP contribution in [0.25, 0.3) is 21.8 Å². The van der Waals surface area contributed by atoms with Crippen LogP contribution in [0.5, 0.6) is 0 Å². The van der Waals surface area contributed by atoms with Gasteiger partial charge in [0, 0.05) is 27.7 Å². The normalized spacial score (nSPS) is 11.4. The van der Waals surface area contributed by atoms with E-state index in [1.54, 1.807) is 0 Å². The van der Waals surface area contributed by atoms with E-state index >= 15 is 0 Å². The number of rotatable bonds is 0. The number of H-pyrrole nitrogens is 1. The van der Waals surface area contributed by atoms with Crippen LogP contribution in [0.2, 0.25) is 5.02 Å². The molecule has 3 rings (SSSR count). The van der Waals surface area contributed by atoms with Crippen LogP contribution < -0.4 is 0 Å². The van der Waals surface area contributed by atoms with Gasteiger partial charge in [0.2, 0.25) is 0 Å². The minimum absolute atomic E-state index is 0.742. The lowest BCUT2D eigenvalue weighted by molar-refractivity contribution is 1.26. The summed E-state index contributed by atoms with van der Waals surface area (Å²) in [5.74, 6) is 0. The Morgan fingerprint density at radius 2 is 2.00 bits per heavy atom. The number of aromatic amines is 1. The highest BCUT2D eigenvalue weighted by Gasteiger charge is 2.08. The number of aromatic nitrogens is 2. The minimum Gasteiger partial charge on any atom is -0.358 e. The molecule has 0 saturated heterocycles. The first-order valence-corrected chi connectivity index (χ1v) is 5.58. The number of nitrogens with one attached hydrogen (secondary N) is 1. The van der Waals surface area contributed by atoms with Crippen molar-refractivity contribution < 1.29 is 0 Å². The molecule has 3 aromatic rings. The molecule has 0 bridgehead atoms. The molecule has 2 aromatic heterocycles. The van der Waals surface area contributed by atoms with Crippen molar-refractivity contribution in [2.45, 2.75) is 13.8 Å². The van der Waals surface area contributed by atoms with Gasteiger partial charge in [-0.25, -0.2) is 0 Å². The summed E-state index contributed by atoms with van der Waals surface area (Å²) >= 11 is 6.02. The maximum Gasteiger partial charge on any atom is 0.0724 e. The molecule has 80 valence electrons. The predicted octanol–water partition coefficient (Wildman–Crippen LogP) is 3.99. The lowest BCUT2D eigenvalue weighted by Crippen LogP contribution is -1.80. The third kappa shape index (κ3) is 1.23. The zero-order valence-corrected chi connectivity index (χ0v) is 9.89. The maximum atomic E-state index is 6.02. The Balaban J connectivity index is 2.57. The van der Waals surface area contributed by atoms with Crippen LogP contribution in [0.1, 0.15) is 11.3 Å². The average Bonchev–Trinajstić information content (AvgIpc) is 2.56. The van der Waals surface area contributed by atoms with E-state index in [1.165, 1.54) is 16.6 Å². The van der Waals surface area contributed by atoms with Gasteiger partial charge < -0.3 is 4.98 Å². The first-order valence-electron chi connectivity index (χ1n) is 5.20. The fraction of sp³-hybridized carbons (Fsp3) is 0.154. The summed E-state index contributed by atoms with van der Waals surface area (Å²) < 4.78 is 0. The van der Waals surface area contributed by atoms with Gasteiger partial charge in [-0.15, -0.1) is 0 Å². The fourth-order valence-electron chi connectivity index (χ4n) is 2.07. The molecule has 0 aliphatic rings. The van der Waals surface area contributed by atoms with Crippen LogP contribution in [-0.4, -0.2) is 9.97 Å². The lowest BCUT2D eigenvalue weighted by Gasteiger charge is -1.99. The standard InChI is InChI=1S/C13H11ClN2/c1-7-8(2)16-13-10-5-9(14)3-4-12(10)15-6-11(7)13/h3-6,16H,1-2H3. The SMILES string of the molecule is Cc1[nH]c2c(cnc3ccc(Cl)cc32)c1C. The van der Waals surface area contributed by atoms with Crippen molar-refractivity contribution in [3.05, 3.63) is 40.7 Å². The molecule has 0 aliphatic carbocycles. The Bertz CT molecular complexity index is 698. The molecule has 0 unspecified atom stereocenters. The lowest BCUT2D eigenvalue weighted by atomic mass is 10.1. The first kappa shape index (κ1) is 9.67. The van der Waals surface area contributed by atoms with Crippen molar-refractivity contribution >= 4 is 33.4 Å². The number of benzene rings is 1. The van der Waals surface area contributed by atoms with E-state index in [-0.39, 0.29) is 0 Å². The van der Waals surface area contributed by atoms with Crippen LogP contribution in [0.3, 0.4) is 0 Å². The Labute approximate surface area is 98.3 Å². The number of pyridine rings is 1. The van der Waals surface area contributed by atoms with Gasteiger partial charge >= 0.3 is 0 Å². The third-order valence-electron chi connectivity index (χ3n) is 3.11. The summed E-state index contributed by atoms with van der Waals surface area (Å²) in [6.45, 7) is 4.18. The summed E-state index contributed by atoms with van der Waals surface area (Å²) in [6.07, 6.45) is 1.92. The Hall–Kier alpha value is -1.54. The molecule has 3 heteroatoms. The van der Waals surface area contributed by atoms with Gasteiger partial charge in [-0.3, -0.25) is 4.98 Å². The second-order valence-electron chi connectivity index (χ2n) is 4.08. The molecule has 1 aromatic carbocycles. The van der Waals surface area contributed by atoms with Crippen molar-refractivity contribution in [1.82, 2.24) is 9.97 Å². The molecule has 1 N–H and O–H groups in total. The van der Waals surface area contributed by atoms with Crippen LogP contribution in [0.4, 0.5) is 0 Å². The highest BCUT2D eigenvalue weighted by Crippen LogP contribution is 2.28. The van der Waals surface area contributed by atoms with Crippen LogP contribution >= 0.6 is 11.6 Å². The molecule has 0 fully saturated rings. The van der Waals surface area contributed by atoms with Gasteiger partial charge in [0.15, 0.2) is 0 Å². The number of aryl methyl sites for hydroxylation is 2. The second-order valence-corrected chi connectivity index (χ2v) is 4.52. The van der Waals surface area contributed by atoms with Crippen LogP contribution in [-0.2, 0) is 0 Å². The van der Waals surface area contributed by atoms with E-state index in [0.717, 1.165) is 21.4 Å². The van der Waals surface area contributed by atoms with Gasteiger partial charge in [0.05, 0.1) is 11.0 Å². The van der Waals surface area contributed by atoms with Crippen molar-refractivity contribution in [3.63, 3.8) is 0 Å². The molecule has 0 atom stereocenters. The number of halogens is 1. The summed E-state index contributed by atoms with van der Waals surface area (Å²) in [5.41, 5.74) is 4.54. The largest absolute Gasteiger partial charge is 0.358 e. The Kier molecular flexibility index (Phi) is 1.95. The van der Waals surface area contributed by atoms with E-state index < -0.39 is 0 Å². The minimum atomic E-state index is 0.742.